The minimum atomic E-state index is -5.76. The van der Waals surface area contributed by atoms with Gasteiger partial charge in [-0.2, -0.15) is 21.6 Å². The molecule has 11 heteroatoms. The van der Waals surface area contributed by atoms with E-state index in [-0.39, 0.29) is 6.42 Å². The normalized spacial score (nSPS) is 13.2. The quantitative estimate of drug-likeness (QED) is 0.429. The van der Waals surface area contributed by atoms with Gasteiger partial charge in [-0.15, -0.1) is 0 Å². The molecule has 26 heavy (non-hydrogen) atoms. The van der Waals surface area contributed by atoms with Crippen LogP contribution in [0.5, 0.6) is 5.75 Å². The molecule has 1 unspecified atom stereocenters. The van der Waals surface area contributed by atoms with E-state index < -0.39 is 45.4 Å². The van der Waals surface area contributed by atoms with Crippen molar-refractivity contribution < 1.29 is 40.1 Å². The van der Waals surface area contributed by atoms with Gasteiger partial charge < -0.3 is 14.2 Å². The zero-order valence-electron chi connectivity index (χ0n) is 14.2. The van der Waals surface area contributed by atoms with Gasteiger partial charge in [-0.25, -0.2) is 4.79 Å². The van der Waals surface area contributed by atoms with E-state index >= 15 is 0 Å². The van der Waals surface area contributed by atoms with E-state index in [1.165, 1.54) is 19.1 Å². The number of ether oxygens (including phenoxy) is 1. The van der Waals surface area contributed by atoms with Crippen molar-refractivity contribution >= 4 is 22.0 Å². The lowest BCUT2D eigenvalue weighted by Gasteiger charge is -2.18. The molecule has 1 aromatic rings. The van der Waals surface area contributed by atoms with Crippen LogP contribution >= 0.6 is 0 Å². The summed E-state index contributed by atoms with van der Waals surface area (Å²) in [5.41, 5.74) is -5.09. The molecule has 7 nitrogen and oxygen atoms in total. The first kappa shape index (κ1) is 21.7. The van der Waals surface area contributed by atoms with E-state index in [9.17, 15) is 31.2 Å². The van der Waals surface area contributed by atoms with Crippen LogP contribution in [0.3, 0.4) is 0 Å². The molecule has 1 rings (SSSR count). The summed E-state index contributed by atoms with van der Waals surface area (Å²) in [6.07, 6.45) is -0.403. The molecule has 0 spiro atoms. The summed E-state index contributed by atoms with van der Waals surface area (Å²) in [4.78, 5) is 23.2. The molecule has 0 aromatic heterocycles. The van der Waals surface area contributed by atoms with Gasteiger partial charge >= 0.3 is 21.6 Å². The summed E-state index contributed by atoms with van der Waals surface area (Å²) >= 11 is 0. The van der Waals surface area contributed by atoms with Crippen LogP contribution in [0.15, 0.2) is 24.3 Å². The van der Waals surface area contributed by atoms with Crippen molar-refractivity contribution in [3.63, 3.8) is 0 Å². The molecular formula is C15H18F3NO6S. The van der Waals surface area contributed by atoms with Gasteiger partial charge in [0.05, 0.1) is 6.10 Å². The molecule has 1 aromatic carbocycles. The first-order chi connectivity index (χ1) is 11.8. The van der Waals surface area contributed by atoms with Crippen LogP contribution in [0.4, 0.5) is 13.2 Å². The number of nitrogens with one attached hydrogen (secondary N) is 1. The highest BCUT2D eigenvalue weighted by Crippen LogP contribution is 2.27. The van der Waals surface area contributed by atoms with Gasteiger partial charge in [0.2, 0.25) is 5.91 Å². The summed E-state index contributed by atoms with van der Waals surface area (Å²) in [7, 11) is -5.76. The zero-order chi connectivity index (χ0) is 20.1. The number of carbonyl (C=O) groups is 2. The van der Waals surface area contributed by atoms with Crippen molar-refractivity contribution in [2.45, 2.75) is 44.8 Å². The Morgan fingerprint density at radius 2 is 1.69 bits per heavy atom. The van der Waals surface area contributed by atoms with Crippen molar-refractivity contribution in [1.82, 2.24) is 5.32 Å². The highest BCUT2D eigenvalue weighted by atomic mass is 32.2. The first-order valence-corrected chi connectivity index (χ1v) is 8.80. The number of esters is 1. The summed E-state index contributed by atoms with van der Waals surface area (Å²) in [6, 6.07) is 3.58. The minimum Gasteiger partial charge on any atom is -0.461 e. The fourth-order valence-corrected chi connectivity index (χ4v) is 2.30. The van der Waals surface area contributed by atoms with E-state index in [1.807, 2.05) is 0 Å². The van der Waals surface area contributed by atoms with E-state index in [0.717, 1.165) is 12.1 Å². The van der Waals surface area contributed by atoms with E-state index in [4.69, 9.17) is 4.74 Å². The van der Waals surface area contributed by atoms with Crippen LogP contribution in [-0.4, -0.2) is 37.9 Å². The lowest BCUT2D eigenvalue weighted by atomic mass is 10.1. The van der Waals surface area contributed by atoms with Crippen molar-refractivity contribution in [3.8, 4) is 5.75 Å². The Balaban J connectivity index is 2.89. The largest absolute Gasteiger partial charge is 0.534 e. The highest BCUT2D eigenvalue weighted by molar-refractivity contribution is 7.88. The zero-order valence-corrected chi connectivity index (χ0v) is 15.0. The molecule has 0 radical (unpaired) electrons. The van der Waals surface area contributed by atoms with Gasteiger partial charge in [0.15, 0.2) is 0 Å². The van der Waals surface area contributed by atoms with Gasteiger partial charge in [-0.05, 0) is 31.5 Å². The molecule has 1 amide bonds. The molecule has 0 bridgehead atoms. The lowest BCUT2D eigenvalue weighted by Crippen LogP contribution is -2.43. The Kier molecular flexibility index (Phi) is 7.01. The Hall–Kier alpha value is -2.30. The smallest absolute Gasteiger partial charge is 0.461 e. The maximum atomic E-state index is 12.3. The fraction of sp³-hybridized carbons (Fsp3) is 0.467. The molecule has 1 atom stereocenters. The summed E-state index contributed by atoms with van der Waals surface area (Å²) in [5.74, 6) is -1.67. The van der Waals surface area contributed by atoms with Crippen molar-refractivity contribution in [1.29, 1.82) is 0 Å². The minimum absolute atomic E-state index is 0.00255. The maximum absolute atomic E-state index is 12.3. The Labute approximate surface area is 148 Å². The summed E-state index contributed by atoms with van der Waals surface area (Å²) in [6.45, 7) is 4.49. The van der Waals surface area contributed by atoms with Gasteiger partial charge in [0.1, 0.15) is 11.8 Å². The van der Waals surface area contributed by atoms with E-state index in [0.29, 0.717) is 5.56 Å². The Bertz CT molecular complexity index is 744. The molecule has 0 aliphatic heterocycles. The third-order valence-corrected chi connectivity index (χ3v) is 3.85. The number of carbonyl (C=O) groups excluding carboxylic acids is 2. The average molecular weight is 397 g/mol. The van der Waals surface area contributed by atoms with Gasteiger partial charge in [0.25, 0.3) is 0 Å². The second kappa shape index (κ2) is 8.39. The second-order valence-corrected chi connectivity index (χ2v) is 7.11. The fourth-order valence-electron chi connectivity index (χ4n) is 1.84. The number of alkyl halides is 3. The van der Waals surface area contributed by atoms with Crippen molar-refractivity contribution in [2.24, 2.45) is 0 Å². The standard InChI is InChI=1S/C15H18F3NO6S/c1-9(2)24-14(21)13(19-10(3)20)8-11-4-6-12(7-5-11)25-26(22,23)15(16,17)18/h4-7,9,13H,8H2,1-3H3,(H,19,20). The average Bonchev–Trinajstić information content (AvgIpc) is 2.45. The van der Waals surface area contributed by atoms with E-state index in [1.54, 1.807) is 13.8 Å². The van der Waals surface area contributed by atoms with Gasteiger partial charge in [-0.1, -0.05) is 12.1 Å². The predicted octanol–water partition coefficient (Wildman–Crippen LogP) is 1.91. The predicted molar refractivity (Wildman–Crippen MR) is 84.6 cm³/mol. The molecule has 0 fully saturated rings. The molecule has 0 saturated heterocycles. The molecule has 0 saturated carbocycles. The van der Waals surface area contributed by atoms with Crippen LogP contribution in [-0.2, 0) is 30.9 Å². The molecule has 146 valence electrons. The number of halogens is 3. The molecule has 0 heterocycles. The highest BCUT2D eigenvalue weighted by Gasteiger charge is 2.48. The molecule has 0 aliphatic rings. The maximum Gasteiger partial charge on any atom is 0.534 e. The first-order valence-electron chi connectivity index (χ1n) is 7.39. The molecule has 0 aliphatic carbocycles. The Morgan fingerprint density at radius 1 is 1.15 bits per heavy atom. The second-order valence-electron chi connectivity index (χ2n) is 5.57. The van der Waals surface area contributed by atoms with Crippen LogP contribution in [0.2, 0.25) is 0 Å². The van der Waals surface area contributed by atoms with Gasteiger partial charge in [0, 0.05) is 13.3 Å². The SMILES string of the molecule is CC(=O)NC(Cc1ccc(OS(=O)(=O)C(F)(F)F)cc1)C(=O)OC(C)C. The summed E-state index contributed by atoms with van der Waals surface area (Å²) in [5, 5.41) is 2.42. The monoisotopic (exact) mass is 397 g/mol. The van der Waals surface area contributed by atoms with Crippen molar-refractivity contribution in [3.05, 3.63) is 29.8 Å². The number of amides is 1. The third-order valence-electron chi connectivity index (χ3n) is 2.87. The van der Waals surface area contributed by atoms with E-state index in [2.05, 4.69) is 9.50 Å². The number of hydrogen-bond donors (Lipinski definition) is 1. The molecular weight excluding hydrogens is 379 g/mol. The van der Waals surface area contributed by atoms with Crippen LogP contribution in [0, 0.1) is 0 Å². The topological polar surface area (TPSA) is 98.8 Å². The number of benzene rings is 1. The Morgan fingerprint density at radius 3 is 2.12 bits per heavy atom. The summed E-state index contributed by atoms with van der Waals surface area (Å²) < 4.78 is 67.7. The third kappa shape index (κ3) is 6.54. The number of rotatable bonds is 7. The van der Waals surface area contributed by atoms with Gasteiger partial charge in [-0.3, -0.25) is 4.79 Å². The number of hydrogen-bond acceptors (Lipinski definition) is 6. The lowest BCUT2D eigenvalue weighted by molar-refractivity contribution is -0.151. The van der Waals surface area contributed by atoms with Crippen LogP contribution < -0.4 is 9.50 Å². The van der Waals surface area contributed by atoms with Crippen LogP contribution in [0.25, 0.3) is 0 Å². The van der Waals surface area contributed by atoms with Crippen LogP contribution in [0.1, 0.15) is 26.3 Å². The van der Waals surface area contributed by atoms with Crippen molar-refractivity contribution in [2.75, 3.05) is 0 Å². The molecule has 1 N–H and O–H groups in total.